The second-order valence-corrected chi connectivity index (χ2v) is 4.01. The third-order valence-electron chi connectivity index (χ3n) is 2.95. The van der Waals surface area contributed by atoms with Gasteiger partial charge in [0.1, 0.15) is 0 Å². The Labute approximate surface area is 95.6 Å². The fourth-order valence-corrected chi connectivity index (χ4v) is 1.92. The van der Waals surface area contributed by atoms with E-state index in [2.05, 4.69) is 11.8 Å². The van der Waals surface area contributed by atoms with Crippen LogP contribution in [0.5, 0.6) is 0 Å². The molecular weight excluding hydrogens is 202 g/mol. The normalized spacial score (nSPS) is 17.8. The smallest absolute Gasteiger partial charge is 0.241 e. The van der Waals surface area contributed by atoms with Crippen molar-refractivity contribution in [2.24, 2.45) is 0 Å². The highest BCUT2D eigenvalue weighted by atomic mass is 16.2. The molecule has 2 N–H and O–H groups in total. The topological polar surface area (TPSA) is 49.6 Å². The van der Waals surface area contributed by atoms with E-state index in [9.17, 15) is 4.79 Å². The van der Waals surface area contributed by atoms with Crippen molar-refractivity contribution in [3.8, 4) is 0 Å². The van der Waals surface area contributed by atoms with Gasteiger partial charge in [-0.2, -0.15) is 0 Å². The summed E-state index contributed by atoms with van der Waals surface area (Å²) in [4.78, 5) is 15.9. The molecular formula is C12H17N3O. The zero-order valence-corrected chi connectivity index (χ0v) is 9.52. The Morgan fingerprint density at radius 2 is 1.94 bits per heavy atom. The zero-order chi connectivity index (χ0) is 11.5. The molecule has 1 aliphatic heterocycles. The van der Waals surface area contributed by atoms with Crippen LogP contribution in [0.3, 0.4) is 0 Å². The maximum Gasteiger partial charge on any atom is 0.241 e. The second-order valence-electron chi connectivity index (χ2n) is 4.01. The standard InChI is InChI=1S/C12H17N3O/c1-2-14-7-8-15(12(16)9-14)11-5-3-10(13)4-6-11/h3-6H,2,7-9,13H2,1H3. The van der Waals surface area contributed by atoms with Crippen molar-refractivity contribution < 1.29 is 4.79 Å². The molecule has 16 heavy (non-hydrogen) atoms. The van der Waals surface area contributed by atoms with E-state index in [4.69, 9.17) is 5.73 Å². The molecule has 1 aromatic carbocycles. The van der Waals surface area contributed by atoms with Crippen LogP contribution >= 0.6 is 0 Å². The molecule has 0 aromatic heterocycles. The molecule has 86 valence electrons. The van der Waals surface area contributed by atoms with Gasteiger partial charge in [0.2, 0.25) is 5.91 Å². The number of carbonyl (C=O) groups excluding carboxylic acids is 1. The molecule has 4 nitrogen and oxygen atoms in total. The van der Waals surface area contributed by atoms with Gasteiger partial charge in [-0.1, -0.05) is 6.92 Å². The minimum atomic E-state index is 0.165. The summed E-state index contributed by atoms with van der Waals surface area (Å²) in [5, 5.41) is 0. The van der Waals surface area contributed by atoms with Gasteiger partial charge in [0, 0.05) is 24.5 Å². The van der Waals surface area contributed by atoms with Crippen molar-refractivity contribution in [2.45, 2.75) is 6.92 Å². The molecule has 1 amide bonds. The first-order valence-electron chi connectivity index (χ1n) is 5.59. The number of likely N-dealkylation sites (N-methyl/N-ethyl adjacent to an activating group) is 1. The van der Waals surface area contributed by atoms with Gasteiger partial charge in [-0.25, -0.2) is 0 Å². The molecule has 0 saturated carbocycles. The number of carbonyl (C=O) groups is 1. The Morgan fingerprint density at radius 3 is 2.50 bits per heavy atom. The van der Waals surface area contributed by atoms with Crippen molar-refractivity contribution >= 4 is 17.3 Å². The van der Waals surface area contributed by atoms with Crippen LogP contribution in [0.1, 0.15) is 6.92 Å². The summed E-state index contributed by atoms with van der Waals surface area (Å²) in [5.41, 5.74) is 7.29. The lowest BCUT2D eigenvalue weighted by molar-refractivity contribution is -0.121. The van der Waals surface area contributed by atoms with E-state index < -0.39 is 0 Å². The van der Waals surface area contributed by atoms with Crippen LogP contribution in [0.4, 0.5) is 11.4 Å². The van der Waals surface area contributed by atoms with Crippen LogP contribution in [-0.2, 0) is 4.79 Å². The van der Waals surface area contributed by atoms with E-state index in [-0.39, 0.29) is 5.91 Å². The summed E-state index contributed by atoms with van der Waals surface area (Å²) in [7, 11) is 0. The van der Waals surface area contributed by atoms with Gasteiger partial charge >= 0.3 is 0 Å². The van der Waals surface area contributed by atoms with E-state index in [0.717, 1.165) is 31.0 Å². The van der Waals surface area contributed by atoms with Crippen molar-refractivity contribution in [1.82, 2.24) is 4.90 Å². The fourth-order valence-electron chi connectivity index (χ4n) is 1.92. The Hall–Kier alpha value is -1.55. The molecule has 4 heteroatoms. The Bertz CT molecular complexity index is 374. The first kappa shape index (κ1) is 11.0. The molecule has 0 spiro atoms. The first-order valence-corrected chi connectivity index (χ1v) is 5.59. The summed E-state index contributed by atoms with van der Waals surface area (Å²) in [6, 6.07) is 7.45. The molecule has 1 fully saturated rings. The predicted octanol–water partition coefficient (Wildman–Crippen LogP) is 0.937. The van der Waals surface area contributed by atoms with Crippen LogP contribution in [0, 0.1) is 0 Å². The predicted molar refractivity (Wildman–Crippen MR) is 65.3 cm³/mol. The summed E-state index contributed by atoms with van der Waals surface area (Å²) >= 11 is 0. The number of piperazine rings is 1. The summed E-state index contributed by atoms with van der Waals surface area (Å²) in [6.07, 6.45) is 0. The molecule has 0 bridgehead atoms. The highest BCUT2D eigenvalue weighted by Crippen LogP contribution is 2.18. The second kappa shape index (κ2) is 4.53. The summed E-state index contributed by atoms with van der Waals surface area (Å²) in [5.74, 6) is 0.165. The van der Waals surface area contributed by atoms with Crippen LogP contribution in [0.25, 0.3) is 0 Å². The third-order valence-corrected chi connectivity index (χ3v) is 2.95. The maximum atomic E-state index is 11.9. The van der Waals surface area contributed by atoms with Gasteiger partial charge in [0.25, 0.3) is 0 Å². The van der Waals surface area contributed by atoms with Gasteiger partial charge in [0.05, 0.1) is 6.54 Å². The Balaban J connectivity index is 2.11. The van der Waals surface area contributed by atoms with E-state index >= 15 is 0 Å². The number of nitrogens with two attached hydrogens (primary N) is 1. The van der Waals surface area contributed by atoms with Crippen molar-refractivity contribution in [3.63, 3.8) is 0 Å². The number of hydrogen-bond donors (Lipinski definition) is 1. The van der Waals surface area contributed by atoms with E-state index in [1.807, 2.05) is 29.2 Å². The highest BCUT2D eigenvalue weighted by Gasteiger charge is 2.23. The molecule has 0 aliphatic carbocycles. The lowest BCUT2D eigenvalue weighted by Crippen LogP contribution is -2.50. The number of rotatable bonds is 2. The molecule has 1 aliphatic rings. The largest absolute Gasteiger partial charge is 0.399 e. The minimum Gasteiger partial charge on any atom is -0.399 e. The third kappa shape index (κ3) is 2.17. The average Bonchev–Trinajstić information content (AvgIpc) is 2.30. The molecule has 1 aromatic rings. The summed E-state index contributed by atoms with van der Waals surface area (Å²) in [6.45, 7) is 5.22. The van der Waals surface area contributed by atoms with Gasteiger partial charge < -0.3 is 10.6 Å². The van der Waals surface area contributed by atoms with Gasteiger partial charge in [0.15, 0.2) is 0 Å². The number of amides is 1. The molecule has 1 saturated heterocycles. The van der Waals surface area contributed by atoms with Crippen LogP contribution < -0.4 is 10.6 Å². The van der Waals surface area contributed by atoms with Crippen LogP contribution in [0.15, 0.2) is 24.3 Å². The SMILES string of the molecule is CCN1CCN(c2ccc(N)cc2)C(=O)C1. The van der Waals surface area contributed by atoms with E-state index in [1.165, 1.54) is 0 Å². The number of nitrogens with zero attached hydrogens (tertiary/aromatic N) is 2. The number of nitrogen functional groups attached to an aromatic ring is 1. The fraction of sp³-hybridized carbons (Fsp3) is 0.417. The molecule has 0 radical (unpaired) electrons. The quantitative estimate of drug-likeness (QED) is 0.753. The number of anilines is 2. The number of hydrogen-bond acceptors (Lipinski definition) is 3. The van der Waals surface area contributed by atoms with E-state index in [0.29, 0.717) is 6.54 Å². The lowest BCUT2D eigenvalue weighted by Gasteiger charge is -2.33. The molecule has 2 rings (SSSR count). The van der Waals surface area contributed by atoms with Gasteiger partial charge in [-0.15, -0.1) is 0 Å². The molecule has 0 unspecified atom stereocenters. The zero-order valence-electron chi connectivity index (χ0n) is 9.52. The highest BCUT2D eigenvalue weighted by molar-refractivity contribution is 5.95. The average molecular weight is 219 g/mol. The van der Waals surface area contributed by atoms with Gasteiger partial charge in [-0.3, -0.25) is 9.69 Å². The number of benzene rings is 1. The van der Waals surface area contributed by atoms with Crippen molar-refractivity contribution in [1.29, 1.82) is 0 Å². The lowest BCUT2D eigenvalue weighted by atomic mass is 10.2. The Kier molecular flexibility index (Phi) is 3.10. The van der Waals surface area contributed by atoms with Crippen molar-refractivity contribution in [3.05, 3.63) is 24.3 Å². The minimum absolute atomic E-state index is 0.165. The van der Waals surface area contributed by atoms with Crippen LogP contribution in [0.2, 0.25) is 0 Å². The summed E-state index contributed by atoms with van der Waals surface area (Å²) < 4.78 is 0. The van der Waals surface area contributed by atoms with E-state index in [1.54, 1.807) is 0 Å². The first-order chi connectivity index (χ1) is 7.70. The Morgan fingerprint density at radius 1 is 1.25 bits per heavy atom. The van der Waals surface area contributed by atoms with Crippen molar-refractivity contribution in [2.75, 3.05) is 36.8 Å². The maximum absolute atomic E-state index is 11.9. The molecule has 1 heterocycles. The molecule has 0 atom stereocenters. The monoisotopic (exact) mass is 219 g/mol. The van der Waals surface area contributed by atoms with Crippen LogP contribution in [-0.4, -0.2) is 37.0 Å². The van der Waals surface area contributed by atoms with Gasteiger partial charge in [-0.05, 0) is 30.8 Å².